The van der Waals surface area contributed by atoms with Crippen molar-refractivity contribution >= 4 is 23.6 Å². The number of ether oxygens (including phenoxy) is 1. The van der Waals surface area contributed by atoms with Gasteiger partial charge in [-0.1, -0.05) is 60.7 Å². The largest absolute Gasteiger partial charge is 0.446 e. The number of imide groups is 1. The standard InChI is InChI=1S/C33H35F3N4O4/c1-40(2,21-20-39-30(41)26-13-6-7-14-27(26)31(39)42)29(33(34,35)36)22-38-18-16-24(17-19-38)44-32(43)37-28-15-9-8-12-25(28)23-10-4-3-5-11-23/h3-15,24,29H,16-22H2,1-2H3/p+1. The second-order valence-corrected chi connectivity index (χ2v) is 11.8. The monoisotopic (exact) mass is 609 g/mol. The molecular weight excluding hydrogens is 573 g/mol. The van der Waals surface area contributed by atoms with E-state index in [4.69, 9.17) is 4.74 Å². The molecule has 0 aliphatic carbocycles. The Morgan fingerprint density at radius 2 is 1.43 bits per heavy atom. The molecule has 232 valence electrons. The topological polar surface area (TPSA) is 79.0 Å². The summed E-state index contributed by atoms with van der Waals surface area (Å²) < 4.78 is 48.3. The van der Waals surface area contributed by atoms with Gasteiger partial charge in [-0.15, -0.1) is 0 Å². The molecule has 3 amide bonds. The minimum Gasteiger partial charge on any atom is -0.446 e. The van der Waals surface area contributed by atoms with E-state index in [9.17, 15) is 27.6 Å². The summed E-state index contributed by atoms with van der Waals surface area (Å²) >= 11 is 0. The van der Waals surface area contributed by atoms with E-state index in [1.54, 1.807) is 35.2 Å². The van der Waals surface area contributed by atoms with E-state index in [0.29, 0.717) is 31.6 Å². The van der Waals surface area contributed by atoms with E-state index in [-0.39, 0.29) is 30.8 Å². The number of fused-ring (bicyclic) bond motifs is 1. The van der Waals surface area contributed by atoms with Gasteiger partial charge in [-0.2, -0.15) is 13.2 Å². The average molecular weight is 610 g/mol. The van der Waals surface area contributed by atoms with Crippen LogP contribution in [0.4, 0.5) is 23.7 Å². The lowest BCUT2D eigenvalue weighted by Gasteiger charge is -2.42. The van der Waals surface area contributed by atoms with Crippen molar-refractivity contribution in [1.29, 1.82) is 0 Å². The normalized spacial score (nSPS) is 17.0. The van der Waals surface area contributed by atoms with E-state index in [0.717, 1.165) is 16.0 Å². The van der Waals surface area contributed by atoms with Crippen molar-refractivity contribution < 1.29 is 36.8 Å². The van der Waals surface area contributed by atoms with Crippen molar-refractivity contribution in [3.05, 3.63) is 90.0 Å². The van der Waals surface area contributed by atoms with Crippen molar-refractivity contribution in [2.45, 2.75) is 31.2 Å². The summed E-state index contributed by atoms with van der Waals surface area (Å²) in [6.45, 7) is 0.249. The zero-order valence-corrected chi connectivity index (χ0v) is 24.7. The molecule has 1 fully saturated rings. The Hall–Kier alpha value is -4.22. The maximum atomic E-state index is 14.4. The fraction of sp³-hybridized carbons (Fsp3) is 0.364. The van der Waals surface area contributed by atoms with Gasteiger partial charge in [0.25, 0.3) is 11.8 Å². The number of piperidine rings is 1. The van der Waals surface area contributed by atoms with Crippen molar-refractivity contribution in [3.63, 3.8) is 0 Å². The molecular formula is C33H36F3N4O4+. The molecule has 5 rings (SSSR count). The summed E-state index contributed by atoms with van der Waals surface area (Å²) in [7, 11) is 2.95. The molecule has 3 aromatic carbocycles. The van der Waals surface area contributed by atoms with Gasteiger partial charge in [0.1, 0.15) is 6.10 Å². The molecule has 0 aromatic heterocycles. The van der Waals surface area contributed by atoms with Crippen molar-refractivity contribution in [2.24, 2.45) is 0 Å². The summed E-state index contributed by atoms with van der Waals surface area (Å²) in [5.41, 5.74) is 2.95. The lowest BCUT2D eigenvalue weighted by atomic mass is 10.0. The SMILES string of the molecule is C[N+](C)(CCN1C(=O)c2ccccc2C1=O)C(CN1CCC(OC(=O)Nc2ccccc2-c2ccccc2)CC1)C(F)(F)F. The van der Waals surface area contributed by atoms with Crippen LogP contribution in [0.3, 0.4) is 0 Å². The van der Waals surface area contributed by atoms with Crippen LogP contribution in [-0.2, 0) is 4.74 Å². The van der Waals surface area contributed by atoms with Gasteiger partial charge < -0.3 is 9.22 Å². The maximum Gasteiger partial charge on any atom is 0.442 e. The van der Waals surface area contributed by atoms with Gasteiger partial charge in [0.2, 0.25) is 0 Å². The summed E-state index contributed by atoms with van der Waals surface area (Å²) in [6.07, 6.45) is -4.73. The number of amides is 3. The minimum atomic E-state index is -4.51. The van der Waals surface area contributed by atoms with Crippen molar-refractivity contribution in [3.8, 4) is 11.1 Å². The van der Waals surface area contributed by atoms with Crippen molar-refractivity contribution in [2.75, 3.05) is 52.1 Å². The number of nitrogens with one attached hydrogen (secondary N) is 1. The first-order valence-electron chi connectivity index (χ1n) is 14.6. The highest BCUT2D eigenvalue weighted by Crippen LogP contribution is 2.31. The maximum absolute atomic E-state index is 14.4. The van der Waals surface area contributed by atoms with Gasteiger partial charge in [0.15, 0.2) is 6.04 Å². The van der Waals surface area contributed by atoms with Gasteiger partial charge in [-0.25, -0.2) is 4.79 Å². The Balaban J connectivity index is 1.14. The first-order valence-corrected chi connectivity index (χ1v) is 14.6. The molecule has 0 spiro atoms. The van der Waals surface area contributed by atoms with E-state index in [1.807, 2.05) is 48.5 Å². The van der Waals surface area contributed by atoms with E-state index < -0.39 is 40.7 Å². The third-order valence-corrected chi connectivity index (χ3v) is 8.49. The van der Waals surface area contributed by atoms with Crippen LogP contribution in [0.2, 0.25) is 0 Å². The number of para-hydroxylation sites is 1. The molecule has 0 bridgehead atoms. The number of nitrogens with zero attached hydrogens (tertiary/aromatic N) is 3. The highest BCUT2D eigenvalue weighted by atomic mass is 19.4. The van der Waals surface area contributed by atoms with E-state index >= 15 is 0 Å². The number of rotatable bonds is 9. The molecule has 0 saturated carbocycles. The molecule has 1 saturated heterocycles. The number of likely N-dealkylation sites (N-methyl/N-ethyl adjacent to an activating group) is 1. The fourth-order valence-electron chi connectivity index (χ4n) is 5.88. The zero-order valence-electron chi connectivity index (χ0n) is 24.7. The average Bonchev–Trinajstić information content (AvgIpc) is 3.24. The van der Waals surface area contributed by atoms with E-state index in [1.165, 1.54) is 14.1 Å². The van der Waals surface area contributed by atoms with Gasteiger partial charge in [-0.05, 0) is 36.6 Å². The van der Waals surface area contributed by atoms with Crippen LogP contribution < -0.4 is 5.32 Å². The smallest absolute Gasteiger partial charge is 0.442 e. The van der Waals surface area contributed by atoms with Crippen LogP contribution in [-0.4, -0.2) is 97.3 Å². The number of halogens is 3. The van der Waals surface area contributed by atoms with Crippen LogP contribution in [0.15, 0.2) is 78.9 Å². The van der Waals surface area contributed by atoms with Crippen molar-refractivity contribution in [1.82, 2.24) is 9.80 Å². The molecule has 2 heterocycles. The third kappa shape index (κ3) is 6.95. The number of benzene rings is 3. The number of quaternary nitrogens is 1. The highest BCUT2D eigenvalue weighted by Gasteiger charge is 2.51. The zero-order chi connectivity index (χ0) is 31.5. The fourth-order valence-corrected chi connectivity index (χ4v) is 5.88. The van der Waals surface area contributed by atoms with Gasteiger partial charge >= 0.3 is 12.3 Å². The molecule has 1 unspecified atom stereocenters. The Morgan fingerprint density at radius 3 is 2.02 bits per heavy atom. The molecule has 8 nitrogen and oxygen atoms in total. The molecule has 3 aromatic rings. The van der Waals surface area contributed by atoms with Crippen LogP contribution >= 0.6 is 0 Å². The first kappa shape index (κ1) is 31.2. The van der Waals surface area contributed by atoms with Crippen LogP contribution in [0, 0.1) is 0 Å². The molecule has 44 heavy (non-hydrogen) atoms. The Bertz CT molecular complexity index is 1470. The second kappa shape index (κ2) is 12.8. The summed E-state index contributed by atoms with van der Waals surface area (Å²) in [5, 5.41) is 2.81. The lowest BCUT2D eigenvalue weighted by Crippen LogP contribution is -2.63. The third-order valence-electron chi connectivity index (χ3n) is 8.49. The molecule has 2 aliphatic rings. The predicted molar refractivity (Wildman–Crippen MR) is 160 cm³/mol. The number of alkyl halides is 3. The number of anilines is 1. The Labute approximate surface area is 254 Å². The number of likely N-dealkylation sites (tertiary alicyclic amines) is 1. The minimum absolute atomic E-state index is 0.0557. The summed E-state index contributed by atoms with van der Waals surface area (Å²) in [4.78, 5) is 41.0. The van der Waals surface area contributed by atoms with Gasteiger partial charge in [0.05, 0.1) is 50.5 Å². The lowest BCUT2D eigenvalue weighted by molar-refractivity contribution is -0.925. The molecule has 2 aliphatic heterocycles. The Kier molecular flexibility index (Phi) is 9.07. The number of hydrogen-bond acceptors (Lipinski definition) is 5. The Morgan fingerprint density at radius 1 is 0.886 bits per heavy atom. The van der Waals surface area contributed by atoms with Crippen LogP contribution in [0.5, 0.6) is 0 Å². The van der Waals surface area contributed by atoms with Crippen LogP contribution in [0.1, 0.15) is 33.6 Å². The van der Waals surface area contributed by atoms with E-state index in [2.05, 4.69) is 5.32 Å². The molecule has 1 N–H and O–H groups in total. The summed E-state index contributed by atoms with van der Waals surface area (Å²) in [5.74, 6) is -0.965. The second-order valence-electron chi connectivity index (χ2n) is 11.8. The van der Waals surface area contributed by atoms with Crippen LogP contribution in [0.25, 0.3) is 11.1 Å². The summed E-state index contributed by atoms with van der Waals surface area (Å²) in [6, 6.07) is 21.7. The quantitative estimate of drug-likeness (QED) is 0.250. The number of carbonyl (C=O) groups excluding carboxylic acids is 3. The predicted octanol–water partition coefficient (Wildman–Crippen LogP) is 5.67. The molecule has 11 heteroatoms. The number of carbonyl (C=O) groups is 3. The van der Waals surface area contributed by atoms with Gasteiger partial charge in [0, 0.05) is 18.7 Å². The molecule has 0 radical (unpaired) electrons. The first-order chi connectivity index (χ1) is 20.9. The highest BCUT2D eigenvalue weighted by molar-refractivity contribution is 6.21. The molecule has 1 atom stereocenters. The van der Waals surface area contributed by atoms with Gasteiger partial charge in [-0.3, -0.25) is 24.7 Å². The number of hydrogen-bond donors (Lipinski definition) is 1.